The van der Waals surface area contributed by atoms with E-state index >= 15 is 0 Å². The molecule has 1 atom stereocenters. The Kier molecular flexibility index (Phi) is 3.53. The molecule has 0 fully saturated rings. The zero-order valence-electron chi connectivity index (χ0n) is 10.3. The van der Waals surface area contributed by atoms with Gasteiger partial charge in [0, 0.05) is 5.56 Å². The number of benzene rings is 1. The van der Waals surface area contributed by atoms with Gasteiger partial charge in [-0.1, -0.05) is 35.9 Å². The highest BCUT2D eigenvalue weighted by molar-refractivity contribution is 7.71. The van der Waals surface area contributed by atoms with Crippen molar-refractivity contribution in [3.05, 3.63) is 46.2 Å². The second-order valence-electron chi connectivity index (χ2n) is 4.63. The lowest BCUT2D eigenvalue weighted by Crippen LogP contribution is -2.10. The Hall–Kier alpha value is -1.39. The molecular formula is C14H14ClN3S. The predicted octanol–water partition coefficient (Wildman–Crippen LogP) is 4.54. The summed E-state index contributed by atoms with van der Waals surface area (Å²) in [6, 6.07) is 7.98. The largest absolute Gasteiger partial charge is 0.293 e. The molecule has 0 aliphatic heterocycles. The predicted molar refractivity (Wildman–Crippen MR) is 79.9 cm³/mol. The molecule has 0 radical (unpaired) electrons. The van der Waals surface area contributed by atoms with Crippen LogP contribution in [0.5, 0.6) is 0 Å². The molecule has 1 aliphatic carbocycles. The topological polar surface area (TPSA) is 33.6 Å². The summed E-state index contributed by atoms with van der Waals surface area (Å²) in [6.45, 7) is 0. The van der Waals surface area contributed by atoms with Gasteiger partial charge in [-0.15, -0.1) is 0 Å². The normalized spacial score (nSPS) is 18.7. The van der Waals surface area contributed by atoms with E-state index < -0.39 is 0 Å². The molecule has 1 heterocycles. The summed E-state index contributed by atoms with van der Waals surface area (Å²) in [5.74, 6) is 0.812. The van der Waals surface area contributed by atoms with E-state index in [0.717, 1.165) is 24.2 Å². The van der Waals surface area contributed by atoms with Gasteiger partial charge < -0.3 is 0 Å². The number of halogens is 1. The number of nitrogens with zero attached hydrogens (tertiary/aromatic N) is 2. The fourth-order valence-electron chi connectivity index (χ4n) is 2.45. The van der Waals surface area contributed by atoms with E-state index in [1.807, 2.05) is 24.3 Å². The number of H-pyrrole nitrogens is 1. The monoisotopic (exact) mass is 291 g/mol. The standard InChI is InChI=1S/C14H14ClN3S/c15-12-9-5-4-8-11(12)13-16-17-14(19)18(13)10-6-2-1-3-7-10/h2,4-6,8-10H,1,3,7H2,(H,17,19)/t10-/m1/s1. The maximum Gasteiger partial charge on any atom is 0.196 e. The quantitative estimate of drug-likeness (QED) is 0.651. The molecule has 1 aromatic heterocycles. The Morgan fingerprint density at radius 1 is 1.37 bits per heavy atom. The fraction of sp³-hybridized carbons (Fsp3) is 0.286. The van der Waals surface area contributed by atoms with E-state index in [4.69, 9.17) is 23.8 Å². The van der Waals surface area contributed by atoms with Crippen molar-refractivity contribution in [2.24, 2.45) is 0 Å². The Bertz CT molecular complexity index is 671. The maximum absolute atomic E-state index is 6.26. The lowest BCUT2D eigenvalue weighted by atomic mass is 10.0. The second kappa shape index (κ2) is 5.31. The molecule has 2 aromatic rings. The van der Waals surface area contributed by atoms with E-state index in [9.17, 15) is 0 Å². The Morgan fingerprint density at radius 3 is 2.95 bits per heavy atom. The molecule has 1 aromatic carbocycles. The second-order valence-corrected chi connectivity index (χ2v) is 5.42. The molecule has 5 heteroatoms. The molecule has 1 N–H and O–H groups in total. The van der Waals surface area contributed by atoms with Crippen LogP contribution in [0, 0.1) is 4.77 Å². The smallest absolute Gasteiger partial charge is 0.196 e. The van der Waals surface area contributed by atoms with Gasteiger partial charge in [0.05, 0.1) is 11.1 Å². The number of hydrogen-bond donors (Lipinski definition) is 1. The van der Waals surface area contributed by atoms with E-state index in [-0.39, 0.29) is 6.04 Å². The fourth-order valence-corrected chi connectivity index (χ4v) is 2.94. The molecule has 3 nitrogen and oxygen atoms in total. The summed E-state index contributed by atoms with van der Waals surface area (Å²) in [5.41, 5.74) is 0.912. The van der Waals surface area contributed by atoms with Crippen LogP contribution in [0.15, 0.2) is 36.4 Å². The van der Waals surface area contributed by atoms with Gasteiger partial charge >= 0.3 is 0 Å². The van der Waals surface area contributed by atoms with Crippen molar-refractivity contribution in [1.29, 1.82) is 0 Å². The van der Waals surface area contributed by atoms with Gasteiger partial charge in [0.1, 0.15) is 0 Å². The molecule has 98 valence electrons. The summed E-state index contributed by atoms with van der Waals surface area (Å²) in [5, 5.41) is 7.93. The van der Waals surface area contributed by atoms with Crippen LogP contribution in [0.1, 0.15) is 25.3 Å². The molecule has 0 saturated carbocycles. The summed E-state index contributed by atoms with van der Waals surface area (Å²) in [6.07, 6.45) is 7.81. The van der Waals surface area contributed by atoms with Crippen LogP contribution >= 0.6 is 23.8 Å². The lowest BCUT2D eigenvalue weighted by molar-refractivity contribution is 0.516. The van der Waals surface area contributed by atoms with Crippen molar-refractivity contribution in [2.45, 2.75) is 25.3 Å². The summed E-state index contributed by atoms with van der Waals surface area (Å²) in [4.78, 5) is 0. The average molecular weight is 292 g/mol. The van der Waals surface area contributed by atoms with Gasteiger partial charge in [-0.2, -0.15) is 5.10 Å². The molecule has 0 bridgehead atoms. The Labute approximate surface area is 121 Å². The van der Waals surface area contributed by atoms with Crippen molar-refractivity contribution < 1.29 is 0 Å². The average Bonchev–Trinajstić information content (AvgIpc) is 2.82. The summed E-state index contributed by atoms with van der Waals surface area (Å²) >= 11 is 11.6. The highest BCUT2D eigenvalue weighted by Crippen LogP contribution is 2.31. The minimum atomic E-state index is 0.270. The molecule has 0 spiro atoms. The number of aromatic nitrogens is 3. The van der Waals surface area contributed by atoms with Crippen LogP contribution in [0.4, 0.5) is 0 Å². The van der Waals surface area contributed by atoms with E-state index in [2.05, 4.69) is 26.9 Å². The van der Waals surface area contributed by atoms with Crippen LogP contribution in [0.2, 0.25) is 5.02 Å². The number of rotatable bonds is 2. The molecule has 1 aliphatic rings. The first kappa shape index (κ1) is 12.6. The first-order chi connectivity index (χ1) is 9.27. The third kappa shape index (κ3) is 2.38. The number of hydrogen-bond acceptors (Lipinski definition) is 2. The summed E-state index contributed by atoms with van der Waals surface area (Å²) < 4.78 is 2.71. The zero-order chi connectivity index (χ0) is 13.2. The molecular weight excluding hydrogens is 278 g/mol. The van der Waals surface area contributed by atoms with Gasteiger partial charge in [0.15, 0.2) is 10.6 Å². The van der Waals surface area contributed by atoms with Crippen LogP contribution in [0.25, 0.3) is 11.4 Å². The number of allylic oxidation sites excluding steroid dienone is 2. The zero-order valence-corrected chi connectivity index (χ0v) is 11.9. The van der Waals surface area contributed by atoms with Crippen LogP contribution < -0.4 is 0 Å². The van der Waals surface area contributed by atoms with Crippen molar-refractivity contribution >= 4 is 23.8 Å². The van der Waals surface area contributed by atoms with Crippen molar-refractivity contribution in [3.63, 3.8) is 0 Å². The lowest BCUT2D eigenvalue weighted by Gasteiger charge is -2.19. The first-order valence-corrected chi connectivity index (χ1v) is 7.14. The third-order valence-corrected chi connectivity index (χ3v) is 4.00. The van der Waals surface area contributed by atoms with Gasteiger partial charge in [-0.05, 0) is 43.6 Å². The van der Waals surface area contributed by atoms with Crippen LogP contribution in [-0.2, 0) is 0 Å². The minimum Gasteiger partial charge on any atom is -0.293 e. The summed E-state index contributed by atoms with van der Waals surface area (Å²) in [7, 11) is 0. The van der Waals surface area contributed by atoms with Crippen LogP contribution in [-0.4, -0.2) is 14.8 Å². The van der Waals surface area contributed by atoms with E-state index in [1.165, 1.54) is 6.42 Å². The van der Waals surface area contributed by atoms with E-state index in [1.54, 1.807) is 0 Å². The molecule has 19 heavy (non-hydrogen) atoms. The maximum atomic E-state index is 6.26. The van der Waals surface area contributed by atoms with Crippen molar-refractivity contribution in [2.75, 3.05) is 0 Å². The minimum absolute atomic E-state index is 0.270. The Balaban J connectivity index is 2.13. The SMILES string of the molecule is S=c1[nH]nc(-c2ccccc2Cl)n1[C@@H]1C=CCCC1. The Morgan fingerprint density at radius 2 is 2.21 bits per heavy atom. The van der Waals surface area contributed by atoms with Gasteiger partial charge in [-0.3, -0.25) is 9.67 Å². The molecule has 0 amide bonds. The molecule has 0 saturated heterocycles. The van der Waals surface area contributed by atoms with Crippen molar-refractivity contribution in [3.8, 4) is 11.4 Å². The number of aromatic amines is 1. The number of nitrogens with one attached hydrogen (secondary N) is 1. The highest BCUT2D eigenvalue weighted by Gasteiger charge is 2.18. The molecule has 3 rings (SSSR count). The third-order valence-electron chi connectivity index (χ3n) is 3.38. The van der Waals surface area contributed by atoms with Gasteiger partial charge in [-0.25, -0.2) is 0 Å². The van der Waals surface area contributed by atoms with Crippen molar-refractivity contribution in [1.82, 2.24) is 14.8 Å². The van der Waals surface area contributed by atoms with Crippen LogP contribution in [0.3, 0.4) is 0 Å². The first-order valence-electron chi connectivity index (χ1n) is 6.36. The van der Waals surface area contributed by atoms with E-state index in [0.29, 0.717) is 9.79 Å². The van der Waals surface area contributed by atoms with Gasteiger partial charge in [0.2, 0.25) is 0 Å². The highest BCUT2D eigenvalue weighted by atomic mass is 35.5. The van der Waals surface area contributed by atoms with Gasteiger partial charge in [0.25, 0.3) is 0 Å². The molecule has 0 unspecified atom stereocenters.